The quantitative estimate of drug-likeness (QED) is 0.221. The lowest BCUT2D eigenvalue weighted by Gasteiger charge is -2.32. The zero-order valence-corrected chi connectivity index (χ0v) is 22.2. The van der Waals surface area contributed by atoms with E-state index >= 15 is 0 Å². The van der Waals surface area contributed by atoms with Gasteiger partial charge < -0.3 is 9.31 Å². The molecule has 1 heterocycles. The number of fused-ring (bicyclic) bond motifs is 12. The van der Waals surface area contributed by atoms with Gasteiger partial charge in [-0.25, -0.2) is 0 Å². The molecule has 1 saturated heterocycles. The summed E-state index contributed by atoms with van der Waals surface area (Å²) in [5, 5.41) is 2.58. The Morgan fingerprint density at radius 1 is 0.526 bits per heavy atom. The van der Waals surface area contributed by atoms with E-state index in [1.54, 1.807) is 0 Å². The molecule has 3 aliphatic rings. The summed E-state index contributed by atoms with van der Waals surface area (Å²) in [5.74, 6) is 0. The first-order chi connectivity index (χ1) is 18.3. The van der Waals surface area contributed by atoms with Crippen LogP contribution in [0.1, 0.15) is 49.9 Å². The summed E-state index contributed by atoms with van der Waals surface area (Å²) in [6.45, 7) is 8.50. The van der Waals surface area contributed by atoms with Gasteiger partial charge in [0, 0.05) is 0 Å². The lowest BCUT2D eigenvalue weighted by atomic mass is 9.68. The highest BCUT2D eigenvalue weighted by atomic mass is 16.7. The van der Waals surface area contributed by atoms with Gasteiger partial charge in [0.15, 0.2) is 0 Å². The van der Waals surface area contributed by atoms with Crippen molar-refractivity contribution >= 4 is 23.4 Å². The van der Waals surface area contributed by atoms with Crippen LogP contribution in [-0.4, -0.2) is 18.3 Å². The Balaban J connectivity index is 1.51. The molecule has 1 aliphatic heterocycles. The molecule has 1 spiro atoms. The van der Waals surface area contributed by atoms with E-state index in [1.165, 1.54) is 55.3 Å². The topological polar surface area (TPSA) is 18.5 Å². The Hall–Kier alpha value is -3.66. The van der Waals surface area contributed by atoms with Crippen LogP contribution in [0, 0.1) is 0 Å². The Kier molecular flexibility index (Phi) is 4.26. The van der Waals surface area contributed by atoms with Crippen LogP contribution in [0.3, 0.4) is 0 Å². The van der Waals surface area contributed by atoms with Crippen molar-refractivity contribution in [3.63, 3.8) is 0 Å². The first-order valence-corrected chi connectivity index (χ1v) is 13.6. The summed E-state index contributed by atoms with van der Waals surface area (Å²) in [4.78, 5) is 0. The van der Waals surface area contributed by atoms with Crippen LogP contribution >= 0.6 is 0 Å². The second-order valence-electron chi connectivity index (χ2n) is 11.9. The second kappa shape index (κ2) is 7.25. The van der Waals surface area contributed by atoms with Crippen molar-refractivity contribution in [2.75, 3.05) is 0 Å². The van der Waals surface area contributed by atoms with Crippen LogP contribution in [-0.2, 0) is 14.7 Å². The summed E-state index contributed by atoms with van der Waals surface area (Å²) in [6, 6.07) is 38.1. The molecule has 1 atom stereocenters. The first-order valence-electron chi connectivity index (χ1n) is 13.6. The molecular weight excluding hydrogens is 463 g/mol. The van der Waals surface area contributed by atoms with Crippen molar-refractivity contribution in [2.24, 2.45) is 0 Å². The number of rotatable bonds is 1. The Morgan fingerprint density at radius 2 is 1.13 bits per heavy atom. The monoisotopic (exact) mass is 492 g/mol. The molecular formula is C35H29BO2. The minimum absolute atomic E-state index is 0.404. The predicted molar refractivity (Wildman–Crippen MR) is 156 cm³/mol. The average molecular weight is 492 g/mol. The maximum Gasteiger partial charge on any atom is 0.495 e. The van der Waals surface area contributed by atoms with Gasteiger partial charge in [0.2, 0.25) is 0 Å². The lowest BCUT2D eigenvalue weighted by molar-refractivity contribution is 0.00578. The molecule has 0 amide bonds. The van der Waals surface area contributed by atoms with Crippen molar-refractivity contribution in [1.29, 1.82) is 0 Å². The van der Waals surface area contributed by atoms with Gasteiger partial charge in [0.05, 0.1) is 16.6 Å². The standard InChI is InChI=1S/C35H29BO2/c1-33(2)34(3,4)38-36(37-33)30-19-11-18-29-31(30)26-15-8-10-17-28(26)35(29)27-16-9-7-14-24(27)25-21-20-22-12-5-6-13-23(22)32(25)35/h5-21H,1-4H3. The van der Waals surface area contributed by atoms with E-state index in [1.807, 2.05) is 0 Å². The lowest BCUT2D eigenvalue weighted by Crippen LogP contribution is -2.41. The molecule has 1 unspecified atom stereocenters. The van der Waals surface area contributed by atoms with Crippen molar-refractivity contribution < 1.29 is 9.31 Å². The van der Waals surface area contributed by atoms with Crippen molar-refractivity contribution in [1.82, 2.24) is 0 Å². The van der Waals surface area contributed by atoms with Crippen LogP contribution in [0.4, 0.5) is 0 Å². The van der Waals surface area contributed by atoms with Crippen LogP contribution in [0.5, 0.6) is 0 Å². The molecule has 0 aromatic heterocycles. The van der Waals surface area contributed by atoms with Gasteiger partial charge in [-0.2, -0.15) is 0 Å². The van der Waals surface area contributed by atoms with Gasteiger partial charge >= 0.3 is 7.12 Å². The number of hydrogen-bond donors (Lipinski definition) is 0. The third kappa shape index (κ3) is 2.56. The third-order valence-electron chi connectivity index (χ3n) is 9.53. The van der Waals surface area contributed by atoms with Gasteiger partial charge in [-0.15, -0.1) is 0 Å². The van der Waals surface area contributed by atoms with Crippen LogP contribution < -0.4 is 5.46 Å². The summed E-state index contributed by atoms with van der Waals surface area (Å²) >= 11 is 0. The second-order valence-corrected chi connectivity index (χ2v) is 11.9. The third-order valence-corrected chi connectivity index (χ3v) is 9.53. The average Bonchev–Trinajstić information content (AvgIpc) is 3.48. The predicted octanol–water partition coefficient (Wildman–Crippen LogP) is 7.48. The van der Waals surface area contributed by atoms with Gasteiger partial charge in [-0.05, 0) is 88.4 Å². The van der Waals surface area contributed by atoms with E-state index in [-0.39, 0.29) is 0 Å². The van der Waals surface area contributed by atoms with Gasteiger partial charge in [-0.3, -0.25) is 0 Å². The van der Waals surface area contributed by atoms with E-state index in [9.17, 15) is 0 Å². The van der Waals surface area contributed by atoms with Crippen LogP contribution in [0.15, 0.2) is 103 Å². The zero-order valence-electron chi connectivity index (χ0n) is 22.2. The molecule has 184 valence electrons. The summed E-state index contributed by atoms with van der Waals surface area (Å²) in [5.41, 5.74) is 10.4. The normalized spacial score (nSPS) is 21.4. The highest BCUT2D eigenvalue weighted by Crippen LogP contribution is 2.63. The van der Waals surface area contributed by atoms with E-state index < -0.39 is 23.7 Å². The molecule has 0 radical (unpaired) electrons. The molecule has 8 rings (SSSR count). The molecule has 0 saturated carbocycles. The molecule has 2 aliphatic carbocycles. The Morgan fingerprint density at radius 3 is 1.89 bits per heavy atom. The molecule has 38 heavy (non-hydrogen) atoms. The fraction of sp³-hybridized carbons (Fsp3) is 0.200. The fourth-order valence-corrected chi connectivity index (χ4v) is 7.16. The largest absolute Gasteiger partial charge is 0.495 e. The van der Waals surface area contributed by atoms with E-state index in [4.69, 9.17) is 9.31 Å². The van der Waals surface area contributed by atoms with E-state index in [0.717, 1.165) is 5.46 Å². The fourth-order valence-electron chi connectivity index (χ4n) is 7.16. The number of hydrogen-bond acceptors (Lipinski definition) is 2. The summed E-state index contributed by atoms with van der Waals surface area (Å²) in [7, 11) is -0.429. The smallest absolute Gasteiger partial charge is 0.399 e. The van der Waals surface area contributed by atoms with Crippen molar-refractivity contribution in [3.8, 4) is 22.3 Å². The SMILES string of the molecule is CC1(C)OB(c2cccc3c2-c2ccccc2C32c3ccccc3-c3ccc4ccccc4c32)OC1(C)C. The minimum atomic E-state index is -0.429. The van der Waals surface area contributed by atoms with E-state index in [2.05, 4.69) is 131 Å². The Labute approximate surface area is 224 Å². The zero-order chi connectivity index (χ0) is 25.9. The number of benzene rings is 5. The molecule has 2 nitrogen and oxygen atoms in total. The highest BCUT2D eigenvalue weighted by Gasteiger charge is 2.56. The first kappa shape index (κ1) is 22.3. The minimum Gasteiger partial charge on any atom is -0.399 e. The summed E-state index contributed by atoms with van der Waals surface area (Å²) < 4.78 is 13.3. The van der Waals surface area contributed by atoms with Crippen LogP contribution in [0.25, 0.3) is 33.0 Å². The molecule has 5 aromatic carbocycles. The molecule has 0 N–H and O–H groups in total. The molecule has 1 fully saturated rings. The maximum absolute atomic E-state index is 6.63. The van der Waals surface area contributed by atoms with E-state index in [0.29, 0.717) is 0 Å². The van der Waals surface area contributed by atoms with Crippen LogP contribution in [0.2, 0.25) is 0 Å². The van der Waals surface area contributed by atoms with Crippen molar-refractivity contribution in [3.05, 3.63) is 125 Å². The van der Waals surface area contributed by atoms with Gasteiger partial charge in [0.1, 0.15) is 0 Å². The summed E-state index contributed by atoms with van der Waals surface area (Å²) in [6.07, 6.45) is 0. The van der Waals surface area contributed by atoms with Crippen molar-refractivity contribution in [2.45, 2.75) is 44.3 Å². The van der Waals surface area contributed by atoms with Gasteiger partial charge in [0.25, 0.3) is 0 Å². The highest BCUT2D eigenvalue weighted by molar-refractivity contribution is 6.64. The molecule has 3 heteroatoms. The molecule has 0 bridgehead atoms. The maximum atomic E-state index is 6.63. The van der Waals surface area contributed by atoms with Gasteiger partial charge in [-0.1, -0.05) is 103 Å². The Bertz CT molecular complexity index is 1780. The molecule has 5 aromatic rings.